The number of hydrogen-bond donors (Lipinski definition) is 2. The van der Waals surface area contributed by atoms with Crippen LogP contribution in [-0.2, 0) is 11.2 Å². The van der Waals surface area contributed by atoms with Gasteiger partial charge in [-0.25, -0.2) is 4.79 Å². The molecule has 0 saturated carbocycles. The van der Waals surface area contributed by atoms with E-state index in [2.05, 4.69) is 5.32 Å². The molecule has 0 saturated heterocycles. The SMILES string of the molecule is COc1ccc(CCCN(C)C(=O)NCCC(=O)O)cc1. The summed E-state index contributed by atoms with van der Waals surface area (Å²) in [7, 11) is 3.33. The maximum atomic E-state index is 11.7. The zero-order chi connectivity index (χ0) is 15.7. The van der Waals surface area contributed by atoms with Crippen molar-refractivity contribution in [2.24, 2.45) is 0 Å². The van der Waals surface area contributed by atoms with Gasteiger partial charge in [0.15, 0.2) is 0 Å². The molecule has 0 fully saturated rings. The van der Waals surface area contributed by atoms with E-state index in [1.165, 1.54) is 5.56 Å². The molecule has 2 N–H and O–H groups in total. The van der Waals surface area contributed by atoms with Crippen LogP contribution in [0.15, 0.2) is 24.3 Å². The van der Waals surface area contributed by atoms with Crippen molar-refractivity contribution >= 4 is 12.0 Å². The van der Waals surface area contributed by atoms with Crippen molar-refractivity contribution in [3.05, 3.63) is 29.8 Å². The number of hydrogen-bond acceptors (Lipinski definition) is 3. The number of carboxylic acids is 1. The number of rotatable bonds is 8. The number of ether oxygens (including phenoxy) is 1. The molecule has 0 aromatic heterocycles. The van der Waals surface area contributed by atoms with Crippen molar-refractivity contribution in [2.45, 2.75) is 19.3 Å². The summed E-state index contributed by atoms with van der Waals surface area (Å²) in [6.07, 6.45) is 1.65. The smallest absolute Gasteiger partial charge is 0.317 e. The number of urea groups is 1. The number of carboxylic acid groups (broad SMARTS) is 1. The number of nitrogens with one attached hydrogen (secondary N) is 1. The van der Waals surface area contributed by atoms with Crippen LogP contribution < -0.4 is 10.1 Å². The molecule has 1 aromatic carbocycles. The Labute approximate surface area is 124 Å². The largest absolute Gasteiger partial charge is 0.497 e. The van der Waals surface area contributed by atoms with Crippen LogP contribution in [0, 0.1) is 0 Å². The minimum Gasteiger partial charge on any atom is -0.497 e. The van der Waals surface area contributed by atoms with Crippen LogP contribution in [0.1, 0.15) is 18.4 Å². The lowest BCUT2D eigenvalue weighted by atomic mass is 10.1. The van der Waals surface area contributed by atoms with Gasteiger partial charge >= 0.3 is 12.0 Å². The molecule has 2 amide bonds. The Morgan fingerprint density at radius 3 is 2.52 bits per heavy atom. The molecule has 116 valence electrons. The third-order valence-electron chi connectivity index (χ3n) is 3.08. The molecule has 0 aliphatic carbocycles. The fraction of sp³-hybridized carbons (Fsp3) is 0.467. The number of amides is 2. The number of aliphatic carboxylic acids is 1. The Bertz CT molecular complexity index is 459. The van der Waals surface area contributed by atoms with E-state index >= 15 is 0 Å². The molecule has 0 radical (unpaired) electrons. The van der Waals surface area contributed by atoms with Gasteiger partial charge < -0.3 is 20.1 Å². The van der Waals surface area contributed by atoms with Gasteiger partial charge in [-0.15, -0.1) is 0 Å². The van der Waals surface area contributed by atoms with Crippen molar-refractivity contribution in [2.75, 3.05) is 27.2 Å². The maximum Gasteiger partial charge on any atom is 0.317 e. The maximum absolute atomic E-state index is 11.7. The second-order valence-corrected chi connectivity index (χ2v) is 4.75. The average Bonchev–Trinajstić information content (AvgIpc) is 2.47. The number of carbonyl (C=O) groups is 2. The Balaban J connectivity index is 2.23. The molecule has 0 aliphatic heterocycles. The molecule has 0 unspecified atom stereocenters. The highest BCUT2D eigenvalue weighted by molar-refractivity contribution is 5.74. The Kier molecular flexibility index (Phi) is 7.08. The van der Waals surface area contributed by atoms with Crippen molar-refractivity contribution in [3.8, 4) is 5.75 Å². The van der Waals surface area contributed by atoms with E-state index in [1.807, 2.05) is 24.3 Å². The minimum absolute atomic E-state index is 0.0641. The molecule has 1 rings (SSSR count). The first-order chi connectivity index (χ1) is 10.0. The molecule has 6 nitrogen and oxygen atoms in total. The monoisotopic (exact) mass is 294 g/mol. The Morgan fingerprint density at radius 2 is 1.95 bits per heavy atom. The van der Waals surface area contributed by atoms with Gasteiger partial charge in [0, 0.05) is 20.1 Å². The van der Waals surface area contributed by atoms with Gasteiger partial charge in [-0.1, -0.05) is 12.1 Å². The number of carbonyl (C=O) groups excluding carboxylic acids is 1. The van der Waals surface area contributed by atoms with E-state index in [0.717, 1.165) is 18.6 Å². The minimum atomic E-state index is -0.919. The third-order valence-corrected chi connectivity index (χ3v) is 3.08. The zero-order valence-corrected chi connectivity index (χ0v) is 12.5. The quantitative estimate of drug-likeness (QED) is 0.765. The summed E-state index contributed by atoms with van der Waals surface area (Å²) < 4.78 is 5.09. The second kappa shape index (κ2) is 8.84. The molecule has 1 aromatic rings. The van der Waals surface area contributed by atoms with E-state index in [4.69, 9.17) is 9.84 Å². The third kappa shape index (κ3) is 6.65. The Morgan fingerprint density at radius 1 is 1.29 bits per heavy atom. The van der Waals surface area contributed by atoms with Crippen LogP contribution in [0.3, 0.4) is 0 Å². The van der Waals surface area contributed by atoms with Crippen LogP contribution in [0.2, 0.25) is 0 Å². The van der Waals surface area contributed by atoms with Crippen molar-refractivity contribution in [3.63, 3.8) is 0 Å². The average molecular weight is 294 g/mol. The van der Waals surface area contributed by atoms with Gasteiger partial charge in [0.2, 0.25) is 0 Å². The highest BCUT2D eigenvalue weighted by Crippen LogP contribution is 2.12. The fourth-order valence-corrected chi connectivity index (χ4v) is 1.83. The molecule has 21 heavy (non-hydrogen) atoms. The fourth-order valence-electron chi connectivity index (χ4n) is 1.83. The Hall–Kier alpha value is -2.24. The molecular formula is C15H22N2O4. The molecule has 0 spiro atoms. The van der Waals surface area contributed by atoms with Crippen LogP contribution in [-0.4, -0.2) is 49.3 Å². The molecule has 0 atom stereocenters. The summed E-state index contributed by atoms with van der Waals surface area (Å²) in [5.41, 5.74) is 1.19. The molecule has 0 aliphatic rings. The van der Waals surface area contributed by atoms with Gasteiger partial charge in [0.1, 0.15) is 5.75 Å². The standard InChI is InChI=1S/C15H22N2O4/c1-17(15(20)16-10-9-14(18)19)11-3-4-12-5-7-13(21-2)8-6-12/h5-8H,3-4,9-11H2,1-2H3,(H,16,20)(H,18,19). The highest BCUT2D eigenvalue weighted by atomic mass is 16.5. The predicted octanol–water partition coefficient (Wildman–Crippen LogP) is 1.74. The summed E-state index contributed by atoms with van der Waals surface area (Å²) in [5, 5.41) is 11.1. The van der Waals surface area contributed by atoms with Gasteiger partial charge in [0.25, 0.3) is 0 Å². The number of nitrogens with zero attached hydrogens (tertiary/aromatic N) is 1. The van der Waals surface area contributed by atoms with Crippen LogP contribution in [0.5, 0.6) is 5.75 Å². The van der Waals surface area contributed by atoms with Gasteiger partial charge in [-0.3, -0.25) is 4.79 Å². The summed E-state index contributed by atoms with van der Waals surface area (Å²) in [6, 6.07) is 7.60. The molecular weight excluding hydrogens is 272 g/mol. The number of methoxy groups -OCH3 is 1. The van der Waals surface area contributed by atoms with Crippen LogP contribution >= 0.6 is 0 Å². The first-order valence-electron chi connectivity index (χ1n) is 6.86. The highest BCUT2D eigenvalue weighted by Gasteiger charge is 2.08. The topological polar surface area (TPSA) is 78.9 Å². The summed E-state index contributed by atoms with van der Waals surface area (Å²) in [5.74, 6) is -0.0915. The zero-order valence-electron chi connectivity index (χ0n) is 12.5. The molecule has 0 bridgehead atoms. The van der Waals surface area contributed by atoms with Crippen molar-refractivity contribution < 1.29 is 19.4 Å². The summed E-state index contributed by atoms with van der Waals surface area (Å²) >= 11 is 0. The number of benzene rings is 1. The van der Waals surface area contributed by atoms with Crippen LogP contribution in [0.25, 0.3) is 0 Å². The van der Waals surface area contributed by atoms with Crippen molar-refractivity contribution in [1.29, 1.82) is 0 Å². The van der Waals surface area contributed by atoms with Gasteiger partial charge in [-0.05, 0) is 30.5 Å². The summed E-state index contributed by atoms with van der Waals surface area (Å²) in [6.45, 7) is 0.766. The summed E-state index contributed by atoms with van der Waals surface area (Å²) in [4.78, 5) is 23.6. The lowest BCUT2D eigenvalue weighted by molar-refractivity contribution is -0.136. The van der Waals surface area contributed by atoms with E-state index in [0.29, 0.717) is 6.54 Å². The van der Waals surface area contributed by atoms with E-state index in [1.54, 1.807) is 19.1 Å². The van der Waals surface area contributed by atoms with E-state index in [9.17, 15) is 9.59 Å². The number of aryl methyl sites for hydroxylation is 1. The van der Waals surface area contributed by atoms with Crippen molar-refractivity contribution in [1.82, 2.24) is 10.2 Å². The first kappa shape index (κ1) is 16.8. The van der Waals surface area contributed by atoms with Gasteiger partial charge in [0.05, 0.1) is 13.5 Å². The van der Waals surface area contributed by atoms with E-state index < -0.39 is 5.97 Å². The normalized spacial score (nSPS) is 10.0. The lowest BCUT2D eigenvalue weighted by Crippen LogP contribution is -2.38. The van der Waals surface area contributed by atoms with Crippen LogP contribution in [0.4, 0.5) is 4.79 Å². The second-order valence-electron chi connectivity index (χ2n) is 4.75. The predicted molar refractivity (Wildman–Crippen MR) is 79.6 cm³/mol. The molecule has 6 heteroatoms. The first-order valence-corrected chi connectivity index (χ1v) is 6.86. The lowest BCUT2D eigenvalue weighted by Gasteiger charge is -2.17. The van der Waals surface area contributed by atoms with Gasteiger partial charge in [-0.2, -0.15) is 0 Å². The molecule has 0 heterocycles. The van der Waals surface area contributed by atoms with E-state index in [-0.39, 0.29) is 19.0 Å².